The number of ether oxygens (including phenoxy) is 2. The minimum Gasteiger partial charge on any atom is -0.495 e. The third-order valence-corrected chi connectivity index (χ3v) is 5.07. The molecule has 29 heavy (non-hydrogen) atoms. The first-order valence-electron chi connectivity index (χ1n) is 8.99. The van der Waals surface area contributed by atoms with Gasteiger partial charge in [-0.05, 0) is 55.7 Å². The van der Waals surface area contributed by atoms with Gasteiger partial charge in [-0.3, -0.25) is 10.1 Å². The Kier molecular flexibility index (Phi) is 5.41. The molecule has 0 spiro atoms. The van der Waals surface area contributed by atoms with Gasteiger partial charge in [-0.15, -0.1) is 0 Å². The summed E-state index contributed by atoms with van der Waals surface area (Å²) in [5, 5.41) is 11.3. The van der Waals surface area contributed by atoms with E-state index in [1.54, 1.807) is 23.6 Å². The summed E-state index contributed by atoms with van der Waals surface area (Å²) < 4.78 is 12.2. The molecular weight excluding hydrogens is 372 g/mol. The van der Waals surface area contributed by atoms with Gasteiger partial charge in [0.05, 0.1) is 36.1 Å². The number of methoxy groups -OCH3 is 2. The maximum Gasteiger partial charge on any atom is 0.339 e. The van der Waals surface area contributed by atoms with Crippen molar-refractivity contribution in [3.63, 3.8) is 0 Å². The van der Waals surface area contributed by atoms with E-state index in [1.165, 1.54) is 26.4 Å². The number of benzene rings is 2. The third-order valence-electron chi connectivity index (χ3n) is 5.07. The summed E-state index contributed by atoms with van der Waals surface area (Å²) in [6.45, 7) is 5.80. The van der Waals surface area contributed by atoms with Gasteiger partial charge in [-0.1, -0.05) is 12.1 Å². The van der Waals surface area contributed by atoms with Crippen LogP contribution in [0, 0.1) is 30.9 Å². The molecule has 3 rings (SSSR count). The Balaban J connectivity index is 2.37. The average Bonchev–Trinajstić information content (AvgIpc) is 3.05. The molecule has 0 aliphatic heterocycles. The zero-order valence-corrected chi connectivity index (χ0v) is 17.0. The average molecular weight is 394 g/mol. The number of hydrogen-bond acceptors (Lipinski definition) is 5. The van der Waals surface area contributed by atoms with Crippen molar-refractivity contribution >= 4 is 11.7 Å². The van der Waals surface area contributed by atoms with Gasteiger partial charge in [0, 0.05) is 17.8 Å². The number of carbonyl (C=O) groups excluding carboxylic acids is 1. The van der Waals surface area contributed by atoms with E-state index in [0.29, 0.717) is 28.4 Å². The number of non-ortho nitro benzene ring substituents is 1. The molecule has 0 radical (unpaired) electrons. The highest BCUT2D eigenvalue weighted by Crippen LogP contribution is 2.36. The van der Waals surface area contributed by atoms with Crippen LogP contribution in [0.4, 0.5) is 5.69 Å². The lowest BCUT2D eigenvalue weighted by Gasteiger charge is -2.16. The van der Waals surface area contributed by atoms with Gasteiger partial charge in [0.25, 0.3) is 5.69 Å². The molecular formula is C22H22N2O5. The summed E-state index contributed by atoms with van der Waals surface area (Å²) in [4.78, 5) is 23.2. The number of nitro benzene ring substituents is 1. The summed E-state index contributed by atoms with van der Waals surface area (Å²) in [6, 6.07) is 12.1. The van der Waals surface area contributed by atoms with Crippen LogP contribution in [0.5, 0.6) is 5.75 Å². The summed E-state index contributed by atoms with van der Waals surface area (Å²) in [7, 11) is 2.82. The molecule has 0 bridgehead atoms. The Morgan fingerprint density at radius 1 is 1.00 bits per heavy atom. The molecule has 0 fully saturated rings. The highest BCUT2D eigenvalue weighted by molar-refractivity contribution is 5.93. The SMILES string of the molecule is COC(=O)c1cc(-c2ccc(C)c(C)c2)n(-c2cc([N+](=O)[O-])ccc2OC)c1C. The van der Waals surface area contributed by atoms with Crippen molar-refractivity contribution in [2.45, 2.75) is 20.8 Å². The summed E-state index contributed by atoms with van der Waals surface area (Å²) in [5.74, 6) is -0.0217. The lowest BCUT2D eigenvalue weighted by atomic mass is 10.0. The first-order chi connectivity index (χ1) is 13.8. The maximum atomic E-state index is 12.3. The maximum absolute atomic E-state index is 12.3. The molecule has 0 atom stereocenters. The third kappa shape index (κ3) is 3.59. The Morgan fingerprint density at radius 2 is 1.72 bits per heavy atom. The largest absolute Gasteiger partial charge is 0.495 e. The smallest absolute Gasteiger partial charge is 0.339 e. The van der Waals surface area contributed by atoms with Crippen molar-refractivity contribution in [2.24, 2.45) is 0 Å². The molecule has 7 heteroatoms. The molecule has 0 N–H and O–H groups in total. The van der Waals surface area contributed by atoms with E-state index >= 15 is 0 Å². The molecule has 0 aliphatic rings. The Labute approximate surface area is 168 Å². The van der Waals surface area contributed by atoms with Crippen molar-refractivity contribution in [3.05, 3.63) is 75.0 Å². The monoisotopic (exact) mass is 394 g/mol. The van der Waals surface area contributed by atoms with Crippen LogP contribution in [0.15, 0.2) is 42.5 Å². The van der Waals surface area contributed by atoms with E-state index < -0.39 is 10.9 Å². The van der Waals surface area contributed by atoms with Crippen molar-refractivity contribution in [3.8, 4) is 22.7 Å². The van der Waals surface area contributed by atoms with Gasteiger partial charge in [-0.25, -0.2) is 4.79 Å². The van der Waals surface area contributed by atoms with E-state index in [9.17, 15) is 14.9 Å². The summed E-state index contributed by atoms with van der Waals surface area (Å²) in [5.41, 5.74) is 5.22. The van der Waals surface area contributed by atoms with Gasteiger partial charge in [-0.2, -0.15) is 0 Å². The Morgan fingerprint density at radius 3 is 2.31 bits per heavy atom. The van der Waals surface area contributed by atoms with Crippen LogP contribution < -0.4 is 4.74 Å². The number of esters is 1. The molecule has 150 valence electrons. The number of rotatable bonds is 5. The molecule has 2 aromatic carbocycles. The van der Waals surface area contributed by atoms with Crippen LogP contribution in [0.1, 0.15) is 27.2 Å². The number of nitrogens with zero attached hydrogens (tertiary/aromatic N) is 2. The molecule has 3 aromatic rings. The van der Waals surface area contributed by atoms with Crippen LogP contribution >= 0.6 is 0 Å². The van der Waals surface area contributed by atoms with Crippen LogP contribution in [0.3, 0.4) is 0 Å². The molecule has 0 amide bonds. The normalized spacial score (nSPS) is 10.7. The number of aromatic nitrogens is 1. The van der Waals surface area contributed by atoms with E-state index in [0.717, 1.165) is 16.7 Å². The van der Waals surface area contributed by atoms with Crippen LogP contribution in [0.2, 0.25) is 0 Å². The fourth-order valence-electron chi connectivity index (χ4n) is 3.31. The van der Waals surface area contributed by atoms with Crippen molar-refractivity contribution in [1.82, 2.24) is 4.57 Å². The summed E-state index contributed by atoms with van der Waals surface area (Å²) >= 11 is 0. The number of hydrogen-bond donors (Lipinski definition) is 0. The van der Waals surface area contributed by atoms with E-state index in [2.05, 4.69) is 0 Å². The highest BCUT2D eigenvalue weighted by Gasteiger charge is 2.23. The van der Waals surface area contributed by atoms with Crippen LogP contribution in [-0.2, 0) is 4.74 Å². The molecule has 0 saturated carbocycles. The van der Waals surface area contributed by atoms with Crippen LogP contribution in [0.25, 0.3) is 16.9 Å². The lowest BCUT2D eigenvalue weighted by Crippen LogP contribution is -2.06. The molecule has 0 saturated heterocycles. The lowest BCUT2D eigenvalue weighted by molar-refractivity contribution is -0.384. The highest BCUT2D eigenvalue weighted by atomic mass is 16.6. The van der Waals surface area contributed by atoms with Crippen molar-refractivity contribution in [1.29, 1.82) is 0 Å². The van der Waals surface area contributed by atoms with Gasteiger partial charge in [0.2, 0.25) is 0 Å². The predicted molar refractivity (Wildman–Crippen MR) is 110 cm³/mol. The fourth-order valence-corrected chi connectivity index (χ4v) is 3.31. The second-order valence-corrected chi connectivity index (χ2v) is 6.77. The molecule has 7 nitrogen and oxygen atoms in total. The topological polar surface area (TPSA) is 83.6 Å². The first-order valence-corrected chi connectivity index (χ1v) is 8.99. The summed E-state index contributed by atoms with van der Waals surface area (Å²) in [6.07, 6.45) is 0. The predicted octanol–water partition coefficient (Wildman–Crippen LogP) is 4.77. The van der Waals surface area contributed by atoms with E-state index in [4.69, 9.17) is 9.47 Å². The van der Waals surface area contributed by atoms with E-state index in [-0.39, 0.29) is 5.69 Å². The van der Waals surface area contributed by atoms with Crippen LogP contribution in [-0.4, -0.2) is 29.7 Å². The standard InChI is InChI=1S/C22H22N2O5/c1-13-6-7-16(10-14(13)2)19-12-18(22(25)29-5)15(3)23(19)20-11-17(24(26)27)8-9-21(20)28-4/h6-12H,1-5H3. The van der Waals surface area contributed by atoms with Crippen molar-refractivity contribution in [2.75, 3.05) is 14.2 Å². The molecule has 1 heterocycles. The zero-order valence-electron chi connectivity index (χ0n) is 17.0. The van der Waals surface area contributed by atoms with Gasteiger partial charge >= 0.3 is 5.97 Å². The Bertz CT molecular complexity index is 1110. The minimum atomic E-state index is -0.476. The van der Waals surface area contributed by atoms with Crippen molar-refractivity contribution < 1.29 is 19.2 Å². The number of nitro groups is 1. The minimum absolute atomic E-state index is 0.0699. The first kappa shape index (κ1) is 20.1. The molecule has 0 unspecified atom stereocenters. The molecule has 1 aromatic heterocycles. The quantitative estimate of drug-likeness (QED) is 0.353. The van der Waals surface area contributed by atoms with Gasteiger partial charge in [0.15, 0.2) is 0 Å². The Hall–Kier alpha value is -3.61. The number of carbonyl (C=O) groups is 1. The molecule has 0 aliphatic carbocycles. The van der Waals surface area contributed by atoms with Gasteiger partial charge < -0.3 is 14.0 Å². The fraction of sp³-hybridized carbons (Fsp3) is 0.227. The number of aryl methyl sites for hydroxylation is 2. The van der Waals surface area contributed by atoms with Gasteiger partial charge in [0.1, 0.15) is 5.75 Å². The second-order valence-electron chi connectivity index (χ2n) is 6.77. The zero-order chi connectivity index (χ0) is 21.3. The van der Waals surface area contributed by atoms with E-state index in [1.807, 2.05) is 32.0 Å². The second kappa shape index (κ2) is 7.79.